The van der Waals surface area contributed by atoms with Crippen LogP contribution in [0.5, 0.6) is 17.2 Å². The van der Waals surface area contributed by atoms with Crippen LogP contribution < -0.4 is 14.9 Å². The first kappa shape index (κ1) is 10.3. The van der Waals surface area contributed by atoms with E-state index in [1.54, 1.807) is 24.3 Å². The van der Waals surface area contributed by atoms with Gasteiger partial charge in [-0.3, -0.25) is 4.79 Å². The third-order valence-corrected chi connectivity index (χ3v) is 3.18. The topological polar surface area (TPSA) is 68.9 Å². The summed E-state index contributed by atoms with van der Waals surface area (Å²) < 4.78 is 15.9. The Labute approximate surface area is 106 Å². The minimum atomic E-state index is -0.203. The maximum atomic E-state index is 12.4. The van der Waals surface area contributed by atoms with Crippen molar-refractivity contribution < 1.29 is 19.0 Å². The number of para-hydroxylation sites is 1. The van der Waals surface area contributed by atoms with Crippen LogP contribution >= 0.6 is 0 Å². The number of fused-ring (bicyclic) bond motifs is 3. The Kier molecular flexibility index (Phi) is 1.84. The lowest BCUT2D eigenvalue weighted by atomic mass is 10.1. The summed E-state index contributed by atoms with van der Waals surface area (Å²) in [4.78, 5) is 12.4. The van der Waals surface area contributed by atoms with E-state index >= 15 is 0 Å². The van der Waals surface area contributed by atoms with Crippen molar-refractivity contribution in [3.8, 4) is 17.2 Å². The average molecular weight is 256 g/mol. The van der Waals surface area contributed by atoms with Crippen molar-refractivity contribution in [2.75, 3.05) is 6.79 Å². The first-order valence-electron chi connectivity index (χ1n) is 5.73. The zero-order valence-corrected chi connectivity index (χ0v) is 9.67. The fourth-order valence-electron chi connectivity index (χ4n) is 2.28. The van der Waals surface area contributed by atoms with Crippen molar-refractivity contribution in [2.24, 2.45) is 0 Å². The molecule has 1 N–H and O–H groups in total. The third kappa shape index (κ3) is 1.26. The molecule has 2 aromatic carbocycles. The van der Waals surface area contributed by atoms with Crippen LogP contribution in [-0.2, 0) is 0 Å². The number of phenolic OH excluding ortho intramolecular Hbond substituents is 1. The van der Waals surface area contributed by atoms with Gasteiger partial charge in [0.15, 0.2) is 11.3 Å². The standard InChI is InChI=1S/C14H8O5/c15-11-7-3-1-2-4-9(7)19-13-8(11)5-10-14(12(13)16)18-6-17-10/h1-5,16H,6H2. The molecule has 5 heteroatoms. The van der Waals surface area contributed by atoms with Crippen LogP contribution in [0.3, 0.4) is 0 Å². The van der Waals surface area contributed by atoms with E-state index in [0.717, 1.165) is 0 Å². The fraction of sp³-hybridized carbons (Fsp3) is 0.0714. The van der Waals surface area contributed by atoms with E-state index in [1.165, 1.54) is 6.07 Å². The summed E-state index contributed by atoms with van der Waals surface area (Å²) in [5.41, 5.74) is 0.340. The lowest BCUT2D eigenvalue weighted by Gasteiger charge is -2.05. The van der Waals surface area contributed by atoms with Crippen molar-refractivity contribution in [1.82, 2.24) is 0 Å². The lowest BCUT2D eigenvalue weighted by Crippen LogP contribution is -2.02. The van der Waals surface area contributed by atoms with Crippen LogP contribution in [0.15, 0.2) is 39.5 Å². The van der Waals surface area contributed by atoms with Crippen LogP contribution in [0.25, 0.3) is 21.9 Å². The molecule has 0 bridgehead atoms. The highest BCUT2D eigenvalue weighted by Gasteiger charge is 2.24. The van der Waals surface area contributed by atoms with E-state index in [2.05, 4.69) is 0 Å². The molecule has 0 aliphatic carbocycles. The van der Waals surface area contributed by atoms with Crippen molar-refractivity contribution in [3.05, 3.63) is 40.6 Å². The second kappa shape index (κ2) is 3.41. The minimum absolute atomic E-state index is 0.0208. The fourth-order valence-corrected chi connectivity index (χ4v) is 2.28. The van der Waals surface area contributed by atoms with E-state index in [0.29, 0.717) is 16.7 Å². The van der Waals surface area contributed by atoms with Gasteiger partial charge in [-0.2, -0.15) is 0 Å². The molecule has 2 heterocycles. The van der Waals surface area contributed by atoms with Gasteiger partial charge in [0.1, 0.15) is 5.58 Å². The summed E-state index contributed by atoms with van der Waals surface area (Å²) in [5, 5.41) is 10.9. The third-order valence-electron chi connectivity index (χ3n) is 3.18. The Hall–Kier alpha value is -2.69. The van der Waals surface area contributed by atoms with Gasteiger partial charge in [-0.25, -0.2) is 0 Å². The molecular weight excluding hydrogens is 248 g/mol. The zero-order valence-electron chi connectivity index (χ0n) is 9.67. The number of rotatable bonds is 0. The molecule has 0 atom stereocenters. The van der Waals surface area contributed by atoms with Crippen LogP contribution in [0.4, 0.5) is 0 Å². The second-order valence-corrected chi connectivity index (χ2v) is 4.26. The summed E-state index contributed by atoms with van der Waals surface area (Å²) in [6.45, 7) is 0.0208. The Morgan fingerprint density at radius 1 is 1.11 bits per heavy atom. The van der Waals surface area contributed by atoms with Crippen LogP contribution in [-0.4, -0.2) is 11.9 Å². The SMILES string of the molecule is O=c1c2ccccc2oc2c(O)c3c(cc12)OCO3. The van der Waals surface area contributed by atoms with Crippen molar-refractivity contribution in [2.45, 2.75) is 0 Å². The molecule has 0 spiro atoms. The van der Waals surface area contributed by atoms with E-state index < -0.39 is 0 Å². The monoisotopic (exact) mass is 256 g/mol. The summed E-state index contributed by atoms with van der Waals surface area (Å²) >= 11 is 0. The first-order chi connectivity index (χ1) is 9.25. The molecular formula is C14H8O5. The van der Waals surface area contributed by atoms with Crippen LogP contribution in [0, 0.1) is 0 Å². The minimum Gasteiger partial charge on any atom is -0.502 e. The highest BCUT2D eigenvalue weighted by atomic mass is 16.7. The molecule has 19 heavy (non-hydrogen) atoms. The van der Waals surface area contributed by atoms with Gasteiger partial charge in [0.2, 0.25) is 23.7 Å². The predicted molar refractivity (Wildman–Crippen MR) is 67.8 cm³/mol. The molecule has 0 saturated carbocycles. The number of benzene rings is 2. The van der Waals surface area contributed by atoms with Gasteiger partial charge in [-0.05, 0) is 18.2 Å². The number of hydrogen-bond acceptors (Lipinski definition) is 5. The Bertz CT molecular complexity index is 878. The maximum absolute atomic E-state index is 12.4. The maximum Gasteiger partial charge on any atom is 0.231 e. The van der Waals surface area contributed by atoms with Gasteiger partial charge < -0.3 is 19.0 Å². The van der Waals surface area contributed by atoms with E-state index in [-0.39, 0.29) is 34.7 Å². The molecule has 1 aliphatic heterocycles. The van der Waals surface area contributed by atoms with Gasteiger partial charge in [-0.1, -0.05) is 12.1 Å². The van der Waals surface area contributed by atoms with Gasteiger partial charge in [0, 0.05) is 0 Å². The molecule has 3 aromatic rings. The molecule has 0 fully saturated rings. The largest absolute Gasteiger partial charge is 0.502 e. The molecule has 1 aromatic heterocycles. The molecule has 0 amide bonds. The zero-order chi connectivity index (χ0) is 13.0. The van der Waals surface area contributed by atoms with Gasteiger partial charge in [0.05, 0.1) is 10.8 Å². The molecule has 94 valence electrons. The Balaban J connectivity index is 2.26. The van der Waals surface area contributed by atoms with Gasteiger partial charge in [-0.15, -0.1) is 0 Å². The van der Waals surface area contributed by atoms with E-state index in [9.17, 15) is 9.90 Å². The quantitative estimate of drug-likeness (QED) is 0.625. The number of ether oxygens (including phenoxy) is 2. The molecule has 1 aliphatic rings. The van der Waals surface area contributed by atoms with Gasteiger partial charge in [0.25, 0.3) is 0 Å². The van der Waals surface area contributed by atoms with Gasteiger partial charge >= 0.3 is 0 Å². The predicted octanol–water partition coefficient (Wildman–Crippen LogP) is 2.38. The molecule has 5 nitrogen and oxygen atoms in total. The molecule has 4 rings (SSSR count). The molecule has 0 unspecified atom stereocenters. The number of hydrogen-bond donors (Lipinski definition) is 1. The Morgan fingerprint density at radius 3 is 2.84 bits per heavy atom. The van der Waals surface area contributed by atoms with Crippen molar-refractivity contribution in [3.63, 3.8) is 0 Å². The summed E-state index contributed by atoms with van der Waals surface area (Å²) in [6.07, 6.45) is 0. The Morgan fingerprint density at radius 2 is 1.95 bits per heavy atom. The summed E-state index contributed by atoms with van der Waals surface area (Å²) in [6, 6.07) is 8.43. The van der Waals surface area contributed by atoms with Crippen LogP contribution in [0.2, 0.25) is 0 Å². The molecule has 0 radical (unpaired) electrons. The lowest BCUT2D eigenvalue weighted by molar-refractivity contribution is 0.171. The average Bonchev–Trinajstić information content (AvgIpc) is 2.89. The number of phenols is 1. The normalized spacial score (nSPS) is 13.3. The van der Waals surface area contributed by atoms with Crippen LogP contribution in [0.1, 0.15) is 0 Å². The highest BCUT2D eigenvalue weighted by molar-refractivity contribution is 5.95. The summed E-state index contributed by atoms with van der Waals surface area (Å²) in [7, 11) is 0. The van der Waals surface area contributed by atoms with Crippen molar-refractivity contribution >= 4 is 21.9 Å². The highest BCUT2D eigenvalue weighted by Crippen LogP contribution is 2.45. The van der Waals surface area contributed by atoms with E-state index in [4.69, 9.17) is 13.9 Å². The van der Waals surface area contributed by atoms with Crippen molar-refractivity contribution in [1.29, 1.82) is 0 Å². The number of aromatic hydroxyl groups is 1. The van der Waals surface area contributed by atoms with E-state index in [1.807, 2.05) is 0 Å². The smallest absolute Gasteiger partial charge is 0.231 e. The first-order valence-corrected chi connectivity index (χ1v) is 5.73. The molecule has 0 saturated heterocycles. The summed E-state index contributed by atoms with van der Waals surface area (Å²) in [5.74, 6) is 0.367. The second-order valence-electron chi connectivity index (χ2n) is 4.26.